The Bertz CT molecular complexity index is 840. The van der Waals surface area contributed by atoms with Gasteiger partial charge in [-0.05, 0) is 80.6 Å². The molecule has 3 saturated carbocycles. The number of rotatable bonds is 7. The molecule has 5 heteroatoms. The minimum Gasteiger partial charge on any atom is -0.393 e. The van der Waals surface area contributed by atoms with Crippen molar-refractivity contribution >= 4 is 0 Å². The Morgan fingerprint density at radius 3 is 2.47 bits per heavy atom. The van der Waals surface area contributed by atoms with Crippen molar-refractivity contribution in [3.63, 3.8) is 0 Å². The standard InChI is InChI=1S/C29H46O5/c1-7-27(32-31,19(2)3)15-10-20(4)22-8-9-23-25(22,5)13-12-24-26(6)14-11-21(30)18-28(26)16-17-29(23,24)34-33-28/h7,16-17,19-24,30-31H,1,8-15,18H2,2-6H3/t20-,21+,22-,23-,24-,25-,26-,27-,28-,29-/m1/s1. The van der Waals surface area contributed by atoms with Crippen molar-refractivity contribution in [3.8, 4) is 0 Å². The summed E-state index contributed by atoms with van der Waals surface area (Å²) in [5, 5.41) is 20.1. The van der Waals surface area contributed by atoms with Gasteiger partial charge in [-0.3, -0.25) is 5.26 Å². The highest BCUT2D eigenvalue weighted by Gasteiger charge is 2.74. The molecular formula is C29H46O5. The van der Waals surface area contributed by atoms with Crippen LogP contribution in [-0.2, 0) is 14.7 Å². The molecule has 2 bridgehead atoms. The number of hydrogen-bond donors (Lipinski definition) is 2. The van der Waals surface area contributed by atoms with Crippen LogP contribution in [0, 0.1) is 40.4 Å². The van der Waals surface area contributed by atoms with Crippen molar-refractivity contribution in [2.75, 3.05) is 0 Å². The first kappa shape index (κ1) is 25.0. The van der Waals surface area contributed by atoms with Gasteiger partial charge in [-0.15, -0.1) is 6.58 Å². The summed E-state index contributed by atoms with van der Waals surface area (Å²) in [6.45, 7) is 15.4. The van der Waals surface area contributed by atoms with Crippen LogP contribution in [0.3, 0.4) is 0 Å². The van der Waals surface area contributed by atoms with Crippen LogP contribution >= 0.6 is 0 Å². The molecule has 0 aromatic rings. The summed E-state index contributed by atoms with van der Waals surface area (Å²) in [6.07, 6.45) is 15.1. The molecule has 0 unspecified atom stereocenters. The fourth-order valence-electron chi connectivity index (χ4n) is 9.54. The van der Waals surface area contributed by atoms with E-state index in [-0.39, 0.29) is 28.5 Å². The maximum Gasteiger partial charge on any atom is 0.130 e. The van der Waals surface area contributed by atoms with Gasteiger partial charge in [0.05, 0.1) is 6.10 Å². The van der Waals surface area contributed by atoms with Gasteiger partial charge in [0.15, 0.2) is 0 Å². The van der Waals surface area contributed by atoms with Crippen LogP contribution < -0.4 is 0 Å². The van der Waals surface area contributed by atoms with Crippen molar-refractivity contribution in [1.82, 2.24) is 0 Å². The predicted molar refractivity (Wildman–Crippen MR) is 132 cm³/mol. The molecule has 192 valence electrons. The summed E-state index contributed by atoms with van der Waals surface area (Å²) in [7, 11) is 0. The van der Waals surface area contributed by atoms with Crippen LogP contribution in [0.1, 0.15) is 92.4 Å². The van der Waals surface area contributed by atoms with Gasteiger partial charge < -0.3 is 5.11 Å². The zero-order chi connectivity index (χ0) is 24.6. The van der Waals surface area contributed by atoms with Gasteiger partial charge in [0, 0.05) is 23.7 Å². The Morgan fingerprint density at radius 2 is 1.85 bits per heavy atom. The summed E-state index contributed by atoms with van der Waals surface area (Å²) in [6, 6.07) is 0. The zero-order valence-electron chi connectivity index (χ0n) is 21.9. The average molecular weight is 475 g/mol. The van der Waals surface area contributed by atoms with Gasteiger partial charge >= 0.3 is 0 Å². The lowest BCUT2D eigenvalue weighted by Gasteiger charge is -2.69. The summed E-state index contributed by atoms with van der Waals surface area (Å²) >= 11 is 0. The second-order valence-corrected chi connectivity index (χ2v) is 13.3. The molecule has 4 aliphatic carbocycles. The Morgan fingerprint density at radius 1 is 1.09 bits per heavy atom. The van der Waals surface area contributed by atoms with E-state index in [0.29, 0.717) is 30.1 Å². The van der Waals surface area contributed by atoms with Gasteiger partial charge in [0.1, 0.15) is 16.8 Å². The smallest absolute Gasteiger partial charge is 0.130 e. The molecule has 10 atom stereocenters. The van der Waals surface area contributed by atoms with Crippen LogP contribution in [-0.4, -0.2) is 33.3 Å². The summed E-state index contributed by atoms with van der Waals surface area (Å²) in [5.41, 5.74) is -1.30. The zero-order valence-corrected chi connectivity index (χ0v) is 21.9. The number of aliphatic hydroxyl groups excluding tert-OH is 1. The van der Waals surface area contributed by atoms with Crippen LogP contribution in [0.2, 0.25) is 0 Å². The van der Waals surface area contributed by atoms with E-state index in [4.69, 9.17) is 14.7 Å². The third kappa shape index (κ3) is 3.09. The van der Waals surface area contributed by atoms with Crippen LogP contribution in [0.15, 0.2) is 24.8 Å². The molecule has 34 heavy (non-hydrogen) atoms. The molecule has 4 fully saturated rings. The normalized spacial score (nSPS) is 49.8. The molecule has 5 nitrogen and oxygen atoms in total. The number of fused-ring (bicyclic) bond motifs is 2. The second kappa shape index (κ2) is 8.14. The quantitative estimate of drug-likeness (QED) is 0.251. The van der Waals surface area contributed by atoms with Gasteiger partial charge in [-0.25, -0.2) is 14.7 Å². The Balaban J connectivity index is 1.39. The monoisotopic (exact) mass is 474 g/mol. The second-order valence-electron chi connectivity index (χ2n) is 13.3. The lowest BCUT2D eigenvalue weighted by molar-refractivity contribution is -0.497. The average Bonchev–Trinajstić information content (AvgIpc) is 3.18. The fraction of sp³-hybridized carbons (Fsp3) is 0.862. The highest BCUT2D eigenvalue weighted by Crippen LogP contribution is 2.72. The molecule has 2 heterocycles. The van der Waals surface area contributed by atoms with E-state index in [9.17, 15) is 10.4 Å². The molecule has 0 aromatic carbocycles. The van der Waals surface area contributed by atoms with Crippen molar-refractivity contribution in [3.05, 3.63) is 24.8 Å². The minimum atomic E-state index is -0.681. The third-order valence-electron chi connectivity index (χ3n) is 11.9. The first-order valence-electron chi connectivity index (χ1n) is 13.7. The molecule has 6 aliphatic rings. The van der Waals surface area contributed by atoms with Crippen molar-refractivity contribution in [2.24, 2.45) is 40.4 Å². The van der Waals surface area contributed by atoms with Gasteiger partial charge in [0.2, 0.25) is 0 Å². The topological polar surface area (TPSA) is 68.2 Å². The minimum absolute atomic E-state index is 0.0174. The highest BCUT2D eigenvalue weighted by atomic mass is 17.2. The molecule has 1 saturated heterocycles. The van der Waals surface area contributed by atoms with E-state index in [2.05, 4.69) is 53.3 Å². The first-order chi connectivity index (χ1) is 16.0. The van der Waals surface area contributed by atoms with Crippen LogP contribution in [0.5, 0.6) is 0 Å². The van der Waals surface area contributed by atoms with E-state index in [1.165, 1.54) is 12.8 Å². The fourth-order valence-corrected chi connectivity index (χ4v) is 9.54. The number of aliphatic hydroxyl groups is 1. The van der Waals surface area contributed by atoms with Crippen LogP contribution in [0.25, 0.3) is 0 Å². The first-order valence-corrected chi connectivity index (χ1v) is 13.7. The maximum atomic E-state index is 10.4. The van der Waals surface area contributed by atoms with E-state index in [1.54, 1.807) is 6.08 Å². The molecule has 2 N–H and O–H groups in total. The molecule has 2 aliphatic heterocycles. The summed E-state index contributed by atoms with van der Waals surface area (Å²) in [4.78, 5) is 17.8. The molecule has 2 spiro atoms. The van der Waals surface area contributed by atoms with Crippen LogP contribution in [0.4, 0.5) is 0 Å². The van der Waals surface area contributed by atoms with Gasteiger partial charge in [-0.1, -0.05) is 46.8 Å². The lowest BCUT2D eigenvalue weighted by Crippen LogP contribution is -2.73. The molecule has 0 radical (unpaired) electrons. The highest BCUT2D eigenvalue weighted by molar-refractivity contribution is 5.33. The number of hydrogen-bond acceptors (Lipinski definition) is 5. The molecule has 0 amide bonds. The van der Waals surface area contributed by atoms with Crippen molar-refractivity contribution in [1.29, 1.82) is 0 Å². The molecule has 0 aromatic heterocycles. The largest absolute Gasteiger partial charge is 0.393 e. The van der Waals surface area contributed by atoms with E-state index >= 15 is 0 Å². The predicted octanol–water partition coefficient (Wildman–Crippen LogP) is 6.48. The Hall–Kier alpha value is -0.720. The van der Waals surface area contributed by atoms with E-state index in [1.807, 2.05) is 0 Å². The van der Waals surface area contributed by atoms with E-state index < -0.39 is 11.2 Å². The summed E-state index contributed by atoms with van der Waals surface area (Å²) in [5.74, 6) is 2.17. The van der Waals surface area contributed by atoms with Crippen molar-refractivity contribution < 1.29 is 25.0 Å². The lowest BCUT2D eigenvalue weighted by atomic mass is 9.42. The third-order valence-corrected chi connectivity index (χ3v) is 11.9. The summed E-state index contributed by atoms with van der Waals surface area (Å²) < 4.78 is 0. The Kier molecular flexibility index (Phi) is 5.98. The SMILES string of the molecule is C=C[C@](CC[C@@H](C)[C@H]1CC[C@@H]2[C@]1(C)CC[C@H]1[C@@]23C=C[C@]2(C[C@@H](O)CC[C@]12C)OO3)(OO)C(C)C. The Labute approximate surface area is 205 Å². The van der Waals surface area contributed by atoms with Gasteiger partial charge in [0.25, 0.3) is 0 Å². The van der Waals surface area contributed by atoms with Crippen molar-refractivity contribution in [2.45, 2.75) is 115 Å². The molecular weight excluding hydrogens is 428 g/mol. The van der Waals surface area contributed by atoms with E-state index in [0.717, 1.165) is 38.5 Å². The van der Waals surface area contributed by atoms with Gasteiger partial charge in [-0.2, -0.15) is 0 Å². The molecule has 6 rings (SSSR count). The maximum absolute atomic E-state index is 10.4.